The smallest absolute Gasteiger partial charge is 0.320 e. The third-order valence-corrected chi connectivity index (χ3v) is 2.94. The van der Waals surface area contributed by atoms with Crippen molar-refractivity contribution in [2.24, 2.45) is 5.92 Å². The van der Waals surface area contributed by atoms with Crippen molar-refractivity contribution in [1.29, 1.82) is 0 Å². The number of phenolic OH excluding ortho intramolecular Hbond substituents is 1. The molecular weight excluding hydrogens is 218 g/mol. The van der Waals surface area contributed by atoms with Crippen molar-refractivity contribution in [1.82, 2.24) is 5.32 Å². The molecule has 0 bridgehead atoms. The Hall–Kier alpha value is -1.55. The summed E-state index contributed by atoms with van der Waals surface area (Å²) < 4.78 is 0. The molecule has 1 aromatic rings. The summed E-state index contributed by atoms with van der Waals surface area (Å²) in [5, 5.41) is 21.3. The molecule has 0 amide bonds. The van der Waals surface area contributed by atoms with Crippen LogP contribution < -0.4 is 5.32 Å². The van der Waals surface area contributed by atoms with Gasteiger partial charge >= 0.3 is 5.97 Å². The Bertz CT molecular complexity index is 361. The Morgan fingerprint density at radius 3 is 2.41 bits per heavy atom. The molecule has 0 heterocycles. The van der Waals surface area contributed by atoms with Crippen molar-refractivity contribution in [2.45, 2.75) is 32.9 Å². The third kappa shape index (κ3) is 4.07. The Morgan fingerprint density at radius 1 is 1.35 bits per heavy atom. The predicted octanol–water partition coefficient (Wildman–Crippen LogP) is 1.98. The van der Waals surface area contributed by atoms with Gasteiger partial charge in [-0.3, -0.25) is 4.79 Å². The number of aromatic hydroxyl groups is 1. The lowest BCUT2D eigenvalue weighted by Gasteiger charge is -2.20. The summed E-state index contributed by atoms with van der Waals surface area (Å²) in [5.41, 5.74) is 0.956. The highest BCUT2D eigenvalue weighted by atomic mass is 16.4. The first kappa shape index (κ1) is 13.5. The van der Waals surface area contributed by atoms with Gasteiger partial charge in [0.05, 0.1) is 0 Å². The third-order valence-electron chi connectivity index (χ3n) is 2.94. The minimum atomic E-state index is -0.821. The molecule has 0 aliphatic heterocycles. The van der Waals surface area contributed by atoms with Gasteiger partial charge < -0.3 is 15.5 Å². The van der Waals surface area contributed by atoms with E-state index >= 15 is 0 Å². The Balaban J connectivity index is 2.57. The molecule has 0 spiro atoms. The molecule has 0 fully saturated rings. The number of carboxylic acid groups (broad SMARTS) is 1. The molecule has 4 nitrogen and oxygen atoms in total. The number of benzene rings is 1. The molecule has 0 saturated carbocycles. The lowest BCUT2D eigenvalue weighted by molar-refractivity contribution is -0.140. The topological polar surface area (TPSA) is 69.6 Å². The van der Waals surface area contributed by atoms with Gasteiger partial charge in [-0.05, 0) is 23.6 Å². The Kier molecular flexibility index (Phi) is 4.97. The maximum Gasteiger partial charge on any atom is 0.320 e. The van der Waals surface area contributed by atoms with Crippen molar-refractivity contribution in [3.8, 4) is 5.75 Å². The van der Waals surface area contributed by atoms with Crippen LogP contribution in [0.25, 0.3) is 0 Å². The fourth-order valence-corrected chi connectivity index (χ4v) is 1.61. The zero-order valence-electron chi connectivity index (χ0n) is 10.2. The molecule has 3 N–H and O–H groups in total. The van der Waals surface area contributed by atoms with Gasteiger partial charge in [0.15, 0.2) is 0 Å². The number of carbonyl (C=O) groups is 1. The van der Waals surface area contributed by atoms with Crippen LogP contribution in [0.5, 0.6) is 5.75 Å². The molecule has 0 saturated heterocycles. The van der Waals surface area contributed by atoms with Crippen molar-refractivity contribution >= 4 is 5.97 Å². The standard InChI is InChI=1S/C13H19NO3/c1-3-9(2)12(13(16)17)14-8-10-4-6-11(15)7-5-10/h4-7,9,12,14-15H,3,8H2,1-2H3,(H,16,17). The summed E-state index contributed by atoms with van der Waals surface area (Å²) in [6.07, 6.45) is 0.819. The van der Waals surface area contributed by atoms with Gasteiger partial charge in [0.25, 0.3) is 0 Å². The van der Waals surface area contributed by atoms with Gasteiger partial charge in [0.1, 0.15) is 11.8 Å². The second-order valence-corrected chi connectivity index (χ2v) is 4.25. The normalized spacial score (nSPS) is 14.2. The highest BCUT2D eigenvalue weighted by molar-refractivity contribution is 5.73. The highest BCUT2D eigenvalue weighted by Gasteiger charge is 2.22. The number of hydrogen-bond donors (Lipinski definition) is 3. The van der Waals surface area contributed by atoms with Crippen LogP contribution in [0.2, 0.25) is 0 Å². The van der Waals surface area contributed by atoms with Crippen LogP contribution in [0.3, 0.4) is 0 Å². The van der Waals surface area contributed by atoms with Crippen molar-refractivity contribution < 1.29 is 15.0 Å². The lowest BCUT2D eigenvalue weighted by Crippen LogP contribution is -2.41. The summed E-state index contributed by atoms with van der Waals surface area (Å²) in [4.78, 5) is 11.1. The zero-order chi connectivity index (χ0) is 12.8. The number of hydrogen-bond acceptors (Lipinski definition) is 3. The Morgan fingerprint density at radius 2 is 1.94 bits per heavy atom. The van der Waals surface area contributed by atoms with Crippen molar-refractivity contribution in [2.75, 3.05) is 0 Å². The molecule has 1 rings (SSSR count). The maximum atomic E-state index is 11.1. The summed E-state index contributed by atoms with van der Waals surface area (Å²) in [6, 6.07) is 6.20. The van der Waals surface area contributed by atoms with Crippen LogP contribution in [-0.2, 0) is 11.3 Å². The van der Waals surface area contributed by atoms with E-state index in [0.717, 1.165) is 12.0 Å². The summed E-state index contributed by atoms with van der Waals surface area (Å²) in [6.45, 7) is 4.38. The first-order valence-corrected chi connectivity index (χ1v) is 5.78. The molecule has 0 aliphatic carbocycles. The van der Waals surface area contributed by atoms with E-state index in [1.54, 1.807) is 24.3 Å². The predicted molar refractivity (Wildman–Crippen MR) is 65.8 cm³/mol. The molecule has 0 aliphatic rings. The number of rotatable bonds is 6. The van der Waals surface area contributed by atoms with Gasteiger partial charge in [-0.15, -0.1) is 0 Å². The molecule has 4 heteroatoms. The fraction of sp³-hybridized carbons (Fsp3) is 0.462. The van der Waals surface area contributed by atoms with Crippen LogP contribution in [0.15, 0.2) is 24.3 Å². The van der Waals surface area contributed by atoms with Crippen LogP contribution in [-0.4, -0.2) is 22.2 Å². The van der Waals surface area contributed by atoms with E-state index in [0.29, 0.717) is 6.54 Å². The second kappa shape index (κ2) is 6.25. The SMILES string of the molecule is CCC(C)C(NCc1ccc(O)cc1)C(=O)O. The summed E-state index contributed by atoms with van der Waals surface area (Å²) in [5.74, 6) is -0.520. The molecule has 1 aromatic carbocycles. The van der Waals surface area contributed by atoms with Gasteiger partial charge in [0, 0.05) is 6.54 Å². The quantitative estimate of drug-likeness (QED) is 0.707. The van der Waals surface area contributed by atoms with E-state index in [1.165, 1.54) is 0 Å². The lowest BCUT2D eigenvalue weighted by atomic mass is 9.99. The molecule has 94 valence electrons. The van der Waals surface area contributed by atoms with Crippen LogP contribution in [0.4, 0.5) is 0 Å². The number of aliphatic carboxylic acids is 1. The van der Waals surface area contributed by atoms with Gasteiger partial charge in [0.2, 0.25) is 0 Å². The van der Waals surface area contributed by atoms with Crippen molar-refractivity contribution in [3.63, 3.8) is 0 Å². The number of nitrogens with one attached hydrogen (secondary N) is 1. The van der Waals surface area contributed by atoms with Gasteiger partial charge in [-0.1, -0.05) is 32.4 Å². The molecular formula is C13H19NO3. The van der Waals surface area contributed by atoms with E-state index in [9.17, 15) is 4.79 Å². The summed E-state index contributed by atoms with van der Waals surface area (Å²) >= 11 is 0. The molecule has 0 aromatic heterocycles. The van der Waals surface area contributed by atoms with E-state index in [-0.39, 0.29) is 11.7 Å². The van der Waals surface area contributed by atoms with Crippen LogP contribution >= 0.6 is 0 Å². The van der Waals surface area contributed by atoms with Gasteiger partial charge in [-0.2, -0.15) is 0 Å². The zero-order valence-corrected chi connectivity index (χ0v) is 10.2. The minimum Gasteiger partial charge on any atom is -0.508 e. The fourth-order valence-electron chi connectivity index (χ4n) is 1.61. The van der Waals surface area contributed by atoms with E-state index in [4.69, 9.17) is 10.2 Å². The van der Waals surface area contributed by atoms with E-state index in [1.807, 2.05) is 13.8 Å². The summed E-state index contributed by atoms with van der Waals surface area (Å²) in [7, 11) is 0. The van der Waals surface area contributed by atoms with E-state index in [2.05, 4.69) is 5.32 Å². The van der Waals surface area contributed by atoms with Gasteiger partial charge in [-0.25, -0.2) is 0 Å². The molecule has 0 radical (unpaired) electrons. The number of phenols is 1. The average molecular weight is 237 g/mol. The first-order chi connectivity index (χ1) is 8.04. The molecule has 17 heavy (non-hydrogen) atoms. The minimum absolute atomic E-state index is 0.0876. The van der Waals surface area contributed by atoms with E-state index < -0.39 is 12.0 Å². The molecule has 2 unspecified atom stereocenters. The number of carboxylic acids is 1. The van der Waals surface area contributed by atoms with Crippen LogP contribution in [0.1, 0.15) is 25.8 Å². The average Bonchev–Trinajstić information content (AvgIpc) is 2.31. The molecule has 2 atom stereocenters. The first-order valence-electron chi connectivity index (χ1n) is 5.78. The highest BCUT2D eigenvalue weighted by Crippen LogP contribution is 2.12. The largest absolute Gasteiger partial charge is 0.508 e. The monoisotopic (exact) mass is 237 g/mol. The maximum absolute atomic E-state index is 11.1. The Labute approximate surface area is 101 Å². The van der Waals surface area contributed by atoms with Crippen molar-refractivity contribution in [3.05, 3.63) is 29.8 Å². The van der Waals surface area contributed by atoms with Crippen LogP contribution in [0, 0.1) is 5.92 Å². The second-order valence-electron chi connectivity index (χ2n) is 4.25.